The molecule has 1 amide bonds. The Morgan fingerprint density at radius 3 is 2.45 bits per heavy atom. The molecule has 4 aromatic rings. The van der Waals surface area contributed by atoms with E-state index in [1.54, 1.807) is 24.3 Å². The average molecular weight is 684 g/mol. The summed E-state index contributed by atoms with van der Waals surface area (Å²) in [7, 11) is -2.55. The monoisotopic (exact) mass is 683 g/mol. The van der Waals surface area contributed by atoms with Gasteiger partial charge in [0.1, 0.15) is 30.4 Å². The zero-order valence-corrected chi connectivity index (χ0v) is 27.6. The van der Waals surface area contributed by atoms with Crippen LogP contribution in [0.25, 0.3) is 10.9 Å². The number of rotatable bonds is 16. The molecule has 0 aliphatic carbocycles. The van der Waals surface area contributed by atoms with Crippen LogP contribution in [0.3, 0.4) is 0 Å². The molecule has 4 rings (SSSR count). The maximum atomic E-state index is 13.8. The van der Waals surface area contributed by atoms with Crippen LogP contribution in [0.5, 0.6) is 11.5 Å². The number of sulfonamides is 1. The third-order valence-electron chi connectivity index (χ3n) is 6.85. The number of aromatic nitrogens is 1. The smallest absolute Gasteiger partial charge is 0.302 e. The average Bonchev–Trinajstić information content (AvgIpc) is 3.05. The molecular formula is C32H34ClN5O8S. The molecule has 0 fully saturated rings. The van der Waals surface area contributed by atoms with Gasteiger partial charge in [-0.2, -0.15) is 4.31 Å². The predicted molar refractivity (Wildman–Crippen MR) is 179 cm³/mol. The van der Waals surface area contributed by atoms with Crippen LogP contribution in [0.1, 0.15) is 19.0 Å². The van der Waals surface area contributed by atoms with Crippen molar-refractivity contribution in [3.63, 3.8) is 0 Å². The maximum absolute atomic E-state index is 13.8. The molecule has 13 nitrogen and oxygen atoms in total. The van der Waals surface area contributed by atoms with Crippen molar-refractivity contribution in [2.24, 2.45) is 5.18 Å². The number of amides is 1. The van der Waals surface area contributed by atoms with Crippen molar-refractivity contribution in [3.05, 3.63) is 82.4 Å². The number of pyridine rings is 1. The minimum Gasteiger partial charge on any atom is -0.497 e. The van der Waals surface area contributed by atoms with E-state index >= 15 is 0 Å². The number of esters is 1. The lowest BCUT2D eigenvalue weighted by molar-refractivity contribution is -0.141. The second-order valence-corrected chi connectivity index (χ2v) is 12.6. The first kappa shape index (κ1) is 35.1. The Balaban J connectivity index is 1.50. The number of halogens is 1. The van der Waals surface area contributed by atoms with Gasteiger partial charge in [0.2, 0.25) is 15.9 Å². The molecule has 0 spiro atoms. The summed E-state index contributed by atoms with van der Waals surface area (Å²) in [6, 6.07) is 17.4. The summed E-state index contributed by atoms with van der Waals surface area (Å²) in [4.78, 5) is 39.8. The number of aryl methyl sites for hydroxylation is 1. The number of fused-ring (bicyclic) bond motifs is 1. The largest absolute Gasteiger partial charge is 0.497 e. The Morgan fingerprint density at radius 2 is 1.74 bits per heavy atom. The molecule has 1 heterocycles. The van der Waals surface area contributed by atoms with Crippen molar-refractivity contribution in [3.8, 4) is 11.5 Å². The molecule has 0 aliphatic rings. The van der Waals surface area contributed by atoms with Crippen LogP contribution in [-0.2, 0) is 24.3 Å². The van der Waals surface area contributed by atoms with Gasteiger partial charge in [0.25, 0.3) is 0 Å². The Morgan fingerprint density at radius 1 is 0.979 bits per heavy atom. The highest BCUT2D eigenvalue weighted by atomic mass is 35.5. The molecule has 0 radical (unpaired) electrons. The lowest BCUT2D eigenvalue weighted by Crippen LogP contribution is -2.37. The normalized spacial score (nSPS) is 11.3. The summed E-state index contributed by atoms with van der Waals surface area (Å²) in [6.45, 7) is 3.12. The Bertz CT molecular complexity index is 1850. The van der Waals surface area contributed by atoms with Crippen molar-refractivity contribution < 1.29 is 32.2 Å². The van der Waals surface area contributed by atoms with E-state index in [0.717, 1.165) is 22.3 Å². The zero-order valence-electron chi connectivity index (χ0n) is 26.0. The molecule has 47 heavy (non-hydrogen) atoms. The molecule has 0 unspecified atom stereocenters. The Kier molecular flexibility index (Phi) is 12.1. The summed E-state index contributed by atoms with van der Waals surface area (Å²) < 4.78 is 44.4. The topological polar surface area (TPSA) is 166 Å². The molecule has 0 atom stereocenters. The van der Waals surface area contributed by atoms with Crippen molar-refractivity contribution in [2.75, 3.05) is 50.6 Å². The van der Waals surface area contributed by atoms with Crippen LogP contribution < -0.4 is 20.1 Å². The van der Waals surface area contributed by atoms with E-state index in [1.807, 2.05) is 19.1 Å². The van der Waals surface area contributed by atoms with Gasteiger partial charge in [0, 0.05) is 60.8 Å². The SMILES string of the molecule is COc1ccc(S(=O)(=O)N(CCNc2cc(C)nc3ccc(Cl)cc23)CCC(=O)Nc2ccc(N=O)cc2OCCOC(C)=O)cc1. The fraction of sp³-hybridized carbons (Fsp3) is 0.281. The van der Waals surface area contributed by atoms with Gasteiger partial charge in [-0.05, 0) is 72.8 Å². The third-order valence-corrected chi connectivity index (χ3v) is 9.00. The number of nitrogens with one attached hydrogen (secondary N) is 2. The first-order valence-electron chi connectivity index (χ1n) is 14.5. The minimum absolute atomic E-state index is 0.0231. The number of ether oxygens (including phenoxy) is 3. The zero-order chi connectivity index (χ0) is 34.0. The molecule has 2 N–H and O–H groups in total. The van der Waals surface area contributed by atoms with Gasteiger partial charge in [-0.1, -0.05) is 11.6 Å². The Hall–Kier alpha value is -4.79. The lowest BCUT2D eigenvalue weighted by atomic mass is 10.1. The van der Waals surface area contributed by atoms with Crippen molar-refractivity contribution in [2.45, 2.75) is 25.2 Å². The maximum Gasteiger partial charge on any atom is 0.302 e. The second kappa shape index (κ2) is 16.2. The first-order chi connectivity index (χ1) is 22.5. The van der Waals surface area contributed by atoms with E-state index in [9.17, 15) is 22.9 Å². The van der Waals surface area contributed by atoms with Gasteiger partial charge in [-0.15, -0.1) is 4.91 Å². The number of nitroso groups, excluding NO2 is 1. The highest BCUT2D eigenvalue weighted by Gasteiger charge is 2.25. The number of nitrogens with zero attached hydrogens (tertiary/aromatic N) is 3. The quantitative estimate of drug-likeness (QED) is 0.0853. The summed E-state index contributed by atoms with van der Waals surface area (Å²) in [6.07, 6.45) is -0.205. The molecule has 0 bridgehead atoms. The molecular weight excluding hydrogens is 650 g/mol. The van der Waals surface area contributed by atoms with Crippen molar-refractivity contribution in [1.82, 2.24) is 9.29 Å². The molecule has 248 valence electrons. The standard InChI is InChI=1S/C32H34ClN5O8S/c1-21-18-30(27-19-23(33)4-10-28(27)35-21)34-13-15-38(47(42,43)26-8-6-25(44-3)7-9-26)14-12-32(40)36-29-11-5-24(37-41)20-31(29)46-17-16-45-22(2)39/h4-11,18-20H,12-17H2,1-3H3,(H,34,35)(H,36,40). The van der Waals surface area contributed by atoms with Crippen molar-refractivity contribution >= 4 is 61.5 Å². The fourth-order valence-corrected chi connectivity index (χ4v) is 6.22. The molecule has 3 aromatic carbocycles. The van der Waals surface area contributed by atoms with Crippen LogP contribution in [0.15, 0.2) is 76.8 Å². The number of methoxy groups -OCH3 is 1. The van der Waals surface area contributed by atoms with Gasteiger partial charge in [-0.3, -0.25) is 14.6 Å². The molecule has 0 saturated heterocycles. The van der Waals surface area contributed by atoms with Crippen LogP contribution >= 0.6 is 11.6 Å². The van der Waals surface area contributed by atoms with Gasteiger partial charge in [-0.25, -0.2) is 8.42 Å². The summed E-state index contributed by atoms with van der Waals surface area (Å²) in [5, 5.41) is 10.2. The predicted octanol–water partition coefficient (Wildman–Crippen LogP) is 5.68. The van der Waals surface area contributed by atoms with E-state index in [1.165, 1.54) is 48.7 Å². The lowest BCUT2D eigenvalue weighted by Gasteiger charge is -2.23. The van der Waals surface area contributed by atoms with Crippen LogP contribution in [0.4, 0.5) is 17.1 Å². The first-order valence-corrected chi connectivity index (χ1v) is 16.3. The number of carbonyl (C=O) groups is 2. The fourth-order valence-electron chi connectivity index (χ4n) is 4.61. The number of benzene rings is 3. The van der Waals surface area contributed by atoms with E-state index in [4.69, 9.17) is 25.8 Å². The van der Waals surface area contributed by atoms with E-state index in [0.29, 0.717) is 10.8 Å². The summed E-state index contributed by atoms with van der Waals surface area (Å²) >= 11 is 6.23. The van der Waals surface area contributed by atoms with E-state index in [-0.39, 0.29) is 61.3 Å². The van der Waals surface area contributed by atoms with E-state index < -0.39 is 21.9 Å². The highest BCUT2D eigenvalue weighted by molar-refractivity contribution is 7.89. The number of hydrogen-bond acceptors (Lipinski definition) is 11. The third kappa shape index (κ3) is 9.61. The minimum atomic E-state index is -4.03. The Labute approximate surface area is 277 Å². The summed E-state index contributed by atoms with van der Waals surface area (Å²) in [5.74, 6) is -0.357. The number of anilines is 2. The summed E-state index contributed by atoms with van der Waals surface area (Å²) in [5.41, 5.74) is 2.55. The number of carbonyl (C=O) groups excluding carboxylic acids is 2. The molecule has 1 aromatic heterocycles. The molecule has 0 aliphatic heterocycles. The van der Waals surface area contributed by atoms with Gasteiger partial charge in [0.05, 0.1) is 23.2 Å². The van der Waals surface area contributed by atoms with E-state index in [2.05, 4.69) is 20.8 Å². The van der Waals surface area contributed by atoms with Gasteiger partial charge < -0.3 is 24.8 Å². The second-order valence-electron chi connectivity index (χ2n) is 10.2. The number of hydrogen-bond donors (Lipinski definition) is 2. The van der Waals surface area contributed by atoms with Gasteiger partial charge in [0.15, 0.2) is 0 Å². The van der Waals surface area contributed by atoms with Crippen LogP contribution in [-0.4, -0.2) is 69.5 Å². The van der Waals surface area contributed by atoms with Crippen LogP contribution in [0, 0.1) is 11.8 Å². The van der Waals surface area contributed by atoms with Crippen molar-refractivity contribution in [1.29, 1.82) is 0 Å². The molecule has 15 heteroatoms. The highest BCUT2D eigenvalue weighted by Crippen LogP contribution is 2.30. The molecule has 0 saturated carbocycles. The van der Waals surface area contributed by atoms with Crippen LogP contribution in [0.2, 0.25) is 5.02 Å². The van der Waals surface area contributed by atoms with Gasteiger partial charge >= 0.3 is 5.97 Å².